The molecule has 1 aromatic carbocycles. The SMILES string of the molecule is Nc1ccc(CS(=O)(=O)N2CCC2)cc1. The van der Waals surface area contributed by atoms with E-state index in [0.717, 1.165) is 12.0 Å². The molecule has 0 radical (unpaired) electrons. The van der Waals surface area contributed by atoms with Gasteiger partial charge in [-0.05, 0) is 24.1 Å². The highest BCUT2D eigenvalue weighted by Gasteiger charge is 2.27. The number of anilines is 1. The Balaban J connectivity index is 2.11. The monoisotopic (exact) mass is 226 g/mol. The minimum absolute atomic E-state index is 0.0767. The van der Waals surface area contributed by atoms with Gasteiger partial charge < -0.3 is 5.73 Å². The van der Waals surface area contributed by atoms with Crippen molar-refractivity contribution in [3.8, 4) is 0 Å². The van der Waals surface area contributed by atoms with Gasteiger partial charge in [-0.3, -0.25) is 0 Å². The number of hydrogen-bond donors (Lipinski definition) is 1. The van der Waals surface area contributed by atoms with Crippen LogP contribution < -0.4 is 5.73 Å². The predicted octanol–water partition coefficient (Wildman–Crippen LogP) is 0.804. The van der Waals surface area contributed by atoms with Crippen molar-refractivity contribution >= 4 is 15.7 Å². The lowest BCUT2D eigenvalue weighted by molar-refractivity contribution is 0.309. The quantitative estimate of drug-likeness (QED) is 0.775. The molecule has 4 nitrogen and oxygen atoms in total. The molecule has 1 heterocycles. The molecule has 82 valence electrons. The summed E-state index contributed by atoms with van der Waals surface area (Å²) >= 11 is 0. The van der Waals surface area contributed by atoms with Crippen LogP contribution in [0, 0.1) is 0 Å². The molecule has 1 fully saturated rings. The van der Waals surface area contributed by atoms with Gasteiger partial charge in [-0.1, -0.05) is 12.1 Å². The summed E-state index contributed by atoms with van der Waals surface area (Å²) in [6.07, 6.45) is 0.973. The standard InChI is InChI=1S/C10H14N2O2S/c11-10-4-2-9(3-5-10)8-15(13,14)12-6-1-7-12/h2-5H,1,6-8,11H2. The van der Waals surface area contributed by atoms with Crippen LogP contribution in [0.5, 0.6) is 0 Å². The zero-order valence-electron chi connectivity index (χ0n) is 8.39. The molecule has 1 aromatic rings. The van der Waals surface area contributed by atoms with Gasteiger partial charge in [-0.2, -0.15) is 0 Å². The van der Waals surface area contributed by atoms with E-state index in [9.17, 15) is 8.42 Å². The lowest BCUT2D eigenvalue weighted by Gasteiger charge is -2.29. The van der Waals surface area contributed by atoms with Crippen molar-refractivity contribution in [3.05, 3.63) is 29.8 Å². The molecule has 5 heteroatoms. The van der Waals surface area contributed by atoms with Crippen LogP contribution in [0.2, 0.25) is 0 Å². The second-order valence-electron chi connectivity index (χ2n) is 3.75. The smallest absolute Gasteiger partial charge is 0.218 e. The van der Waals surface area contributed by atoms with Gasteiger partial charge in [0.15, 0.2) is 0 Å². The van der Waals surface area contributed by atoms with Crippen molar-refractivity contribution in [2.75, 3.05) is 18.8 Å². The first kappa shape index (κ1) is 10.4. The second-order valence-corrected chi connectivity index (χ2v) is 5.72. The van der Waals surface area contributed by atoms with E-state index in [-0.39, 0.29) is 5.75 Å². The Kier molecular flexibility index (Phi) is 2.67. The Hall–Kier alpha value is -1.07. The number of hydrogen-bond acceptors (Lipinski definition) is 3. The summed E-state index contributed by atoms with van der Waals surface area (Å²) in [6, 6.07) is 6.96. The molecule has 1 aliphatic rings. The highest BCUT2D eigenvalue weighted by atomic mass is 32.2. The van der Waals surface area contributed by atoms with E-state index in [1.54, 1.807) is 24.3 Å². The molecule has 0 atom stereocenters. The molecule has 0 amide bonds. The Bertz CT molecular complexity index is 435. The lowest BCUT2D eigenvalue weighted by Crippen LogP contribution is -2.42. The van der Waals surface area contributed by atoms with Crippen molar-refractivity contribution in [2.45, 2.75) is 12.2 Å². The van der Waals surface area contributed by atoms with Gasteiger partial charge >= 0.3 is 0 Å². The van der Waals surface area contributed by atoms with Gasteiger partial charge in [0.25, 0.3) is 0 Å². The van der Waals surface area contributed by atoms with Gasteiger partial charge in [0.1, 0.15) is 0 Å². The maximum Gasteiger partial charge on any atom is 0.218 e. The van der Waals surface area contributed by atoms with Crippen LogP contribution in [-0.2, 0) is 15.8 Å². The Morgan fingerprint density at radius 1 is 1.20 bits per heavy atom. The Morgan fingerprint density at radius 3 is 2.27 bits per heavy atom. The number of nitrogens with two attached hydrogens (primary N) is 1. The average molecular weight is 226 g/mol. The zero-order valence-corrected chi connectivity index (χ0v) is 9.20. The van der Waals surface area contributed by atoms with Gasteiger partial charge in [0, 0.05) is 18.8 Å². The van der Waals surface area contributed by atoms with Gasteiger partial charge in [0.2, 0.25) is 10.0 Å². The third kappa shape index (κ3) is 2.30. The van der Waals surface area contributed by atoms with E-state index in [1.807, 2.05) is 0 Å². The van der Waals surface area contributed by atoms with Crippen LogP contribution in [0.3, 0.4) is 0 Å². The maximum atomic E-state index is 11.8. The predicted molar refractivity (Wildman–Crippen MR) is 59.7 cm³/mol. The molecule has 2 rings (SSSR count). The number of rotatable bonds is 3. The van der Waals surface area contributed by atoms with Crippen molar-refractivity contribution in [2.24, 2.45) is 0 Å². The normalized spacial score (nSPS) is 17.3. The highest BCUT2D eigenvalue weighted by Crippen LogP contribution is 2.17. The van der Waals surface area contributed by atoms with E-state index < -0.39 is 10.0 Å². The van der Waals surface area contributed by atoms with E-state index in [4.69, 9.17) is 5.73 Å². The summed E-state index contributed by atoms with van der Waals surface area (Å²) < 4.78 is 25.0. The second kappa shape index (κ2) is 3.83. The van der Waals surface area contributed by atoms with Crippen LogP contribution >= 0.6 is 0 Å². The van der Waals surface area contributed by atoms with E-state index in [1.165, 1.54) is 4.31 Å². The van der Waals surface area contributed by atoms with Crippen LogP contribution in [0.1, 0.15) is 12.0 Å². The molecule has 0 unspecified atom stereocenters. The van der Waals surface area contributed by atoms with Crippen LogP contribution in [0.25, 0.3) is 0 Å². The fraction of sp³-hybridized carbons (Fsp3) is 0.400. The number of sulfonamides is 1. The van der Waals surface area contributed by atoms with E-state index in [2.05, 4.69) is 0 Å². The molecule has 0 aliphatic carbocycles. The van der Waals surface area contributed by atoms with Crippen LogP contribution in [0.4, 0.5) is 5.69 Å². The Labute approximate surface area is 89.7 Å². The fourth-order valence-corrected chi connectivity index (χ4v) is 3.09. The summed E-state index contributed by atoms with van der Waals surface area (Å²) in [5, 5.41) is 0. The summed E-state index contributed by atoms with van der Waals surface area (Å²) in [5.74, 6) is 0.0767. The maximum absolute atomic E-state index is 11.8. The third-order valence-electron chi connectivity index (χ3n) is 2.54. The number of nitrogens with zero attached hydrogens (tertiary/aromatic N) is 1. The fourth-order valence-electron chi connectivity index (χ4n) is 1.48. The lowest BCUT2D eigenvalue weighted by atomic mass is 10.2. The van der Waals surface area contributed by atoms with Crippen molar-refractivity contribution in [1.29, 1.82) is 0 Å². The summed E-state index contributed by atoms with van der Waals surface area (Å²) in [5.41, 5.74) is 6.97. The molecule has 1 saturated heterocycles. The molecule has 15 heavy (non-hydrogen) atoms. The molecule has 1 aliphatic heterocycles. The minimum atomic E-state index is -3.10. The topological polar surface area (TPSA) is 63.4 Å². The van der Waals surface area contributed by atoms with Crippen LogP contribution in [0.15, 0.2) is 24.3 Å². The van der Waals surface area contributed by atoms with Crippen molar-refractivity contribution in [1.82, 2.24) is 4.31 Å². The first-order valence-electron chi connectivity index (χ1n) is 4.90. The van der Waals surface area contributed by atoms with Gasteiger partial charge in [-0.25, -0.2) is 12.7 Å². The summed E-state index contributed by atoms with van der Waals surface area (Å²) in [6.45, 7) is 1.33. The largest absolute Gasteiger partial charge is 0.399 e. The minimum Gasteiger partial charge on any atom is -0.399 e. The average Bonchev–Trinajstić information content (AvgIpc) is 2.04. The van der Waals surface area contributed by atoms with Gasteiger partial charge in [-0.15, -0.1) is 0 Å². The molecule has 0 aromatic heterocycles. The first-order valence-corrected chi connectivity index (χ1v) is 6.51. The number of nitrogen functional groups attached to an aromatic ring is 1. The van der Waals surface area contributed by atoms with Gasteiger partial charge in [0.05, 0.1) is 5.75 Å². The molecular weight excluding hydrogens is 212 g/mol. The van der Waals surface area contributed by atoms with E-state index in [0.29, 0.717) is 18.8 Å². The third-order valence-corrected chi connectivity index (χ3v) is 4.39. The van der Waals surface area contributed by atoms with Crippen LogP contribution in [-0.4, -0.2) is 25.8 Å². The van der Waals surface area contributed by atoms with Crippen molar-refractivity contribution < 1.29 is 8.42 Å². The first-order chi connectivity index (χ1) is 7.08. The molecule has 0 spiro atoms. The molecular formula is C10H14N2O2S. The summed E-state index contributed by atoms with van der Waals surface area (Å²) in [7, 11) is -3.10. The molecule has 2 N–H and O–H groups in total. The van der Waals surface area contributed by atoms with E-state index >= 15 is 0 Å². The summed E-state index contributed by atoms with van der Waals surface area (Å²) in [4.78, 5) is 0. The number of benzene rings is 1. The van der Waals surface area contributed by atoms with Crippen molar-refractivity contribution in [3.63, 3.8) is 0 Å². The Morgan fingerprint density at radius 2 is 1.80 bits per heavy atom. The molecule has 0 bridgehead atoms. The molecule has 0 saturated carbocycles. The zero-order chi connectivity index (χ0) is 10.9. The highest BCUT2D eigenvalue weighted by molar-refractivity contribution is 7.88.